The average molecular weight is 572 g/mol. The normalized spacial score (nSPS) is 14.8. The predicted molar refractivity (Wildman–Crippen MR) is 152 cm³/mol. The fourth-order valence-corrected chi connectivity index (χ4v) is 4.86. The van der Waals surface area contributed by atoms with E-state index in [9.17, 15) is 19.2 Å². The second kappa shape index (κ2) is 16.5. The molecule has 0 aromatic heterocycles. The Morgan fingerprint density at radius 1 is 1.00 bits per heavy atom. The molecule has 0 spiro atoms. The minimum absolute atomic E-state index is 0.00509. The number of alkyl carbamates (subject to hydrolysis) is 1. The highest BCUT2D eigenvalue weighted by atomic mass is 35.5. The van der Waals surface area contributed by atoms with E-state index in [0.717, 1.165) is 37.7 Å². The summed E-state index contributed by atoms with van der Waals surface area (Å²) in [6.45, 7) is 0.111. The van der Waals surface area contributed by atoms with Gasteiger partial charge in [0.2, 0.25) is 5.91 Å². The molecule has 2 atom stereocenters. The fraction of sp³-hybridized carbons (Fsp3) is 0.467. The maximum absolute atomic E-state index is 13.2. The third-order valence-corrected chi connectivity index (χ3v) is 7.17. The molecule has 1 aliphatic rings. The number of ether oxygens (including phenoxy) is 2. The van der Waals surface area contributed by atoms with Gasteiger partial charge in [0, 0.05) is 18.6 Å². The molecule has 216 valence electrons. The number of nitrogens with zero attached hydrogens (tertiary/aromatic N) is 1. The number of amides is 3. The van der Waals surface area contributed by atoms with Crippen LogP contribution in [-0.2, 0) is 32.1 Å². The van der Waals surface area contributed by atoms with Crippen LogP contribution < -0.4 is 10.6 Å². The molecule has 0 aliphatic heterocycles. The van der Waals surface area contributed by atoms with Crippen molar-refractivity contribution in [3.8, 4) is 0 Å². The van der Waals surface area contributed by atoms with Crippen LogP contribution in [0.3, 0.4) is 0 Å². The number of hydrogen-bond donors (Lipinski definition) is 2. The topological polar surface area (TPSA) is 114 Å². The van der Waals surface area contributed by atoms with Crippen LogP contribution in [-0.4, -0.2) is 61.6 Å². The van der Waals surface area contributed by atoms with E-state index in [0.29, 0.717) is 36.3 Å². The van der Waals surface area contributed by atoms with E-state index in [-0.39, 0.29) is 19.1 Å². The maximum Gasteiger partial charge on any atom is 0.409 e. The second-order valence-corrected chi connectivity index (χ2v) is 10.6. The lowest BCUT2D eigenvalue weighted by atomic mass is 9.84. The number of carbonyl (C=O) groups is 4. The minimum Gasteiger partial charge on any atom is -0.447 e. The van der Waals surface area contributed by atoms with E-state index in [4.69, 9.17) is 21.1 Å². The number of likely N-dealkylation sites (N-methyl/N-ethyl adjacent to an activating group) is 1. The fourth-order valence-electron chi connectivity index (χ4n) is 4.65. The zero-order chi connectivity index (χ0) is 28.7. The van der Waals surface area contributed by atoms with Crippen LogP contribution in [0.5, 0.6) is 0 Å². The van der Waals surface area contributed by atoms with E-state index < -0.39 is 30.2 Å². The van der Waals surface area contributed by atoms with Crippen molar-refractivity contribution in [2.24, 2.45) is 5.92 Å². The molecule has 1 saturated carbocycles. The van der Waals surface area contributed by atoms with Gasteiger partial charge in [-0.15, -0.1) is 0 Å². The van der Waals surface area contributed by atoms with Gasteiger partial charge in [-0.25, -0.2) is 9.59 Å². The van der Waals surface area contributed by atoms with Crippen LogP contribution in [0, 0.1) is 5.92 Å². The Morgan fingerprint density at radius 2 is 1.73 bits per heavy atom. The quantitative estimate of drug-likeness (QED) is 0.331. The van der Waals surface area contributed by atoms with Crippen molar-refractivity contribution in [2.75, 3.05) is 20.2 Å². The standard InChI is InChI=1S/C30H38ClN3O6/c1-34(16-15-22-9-4-2-5-10-22)30(38)40-21-26(19-35)32-28(36)27(18-23-11-6-3-7-12-23)33-29(37)39-20-24-13-8-14-25(31)17-24/h2,4-5,8-10,13-14,17,19,23,26-27H,3,6-7,11-12,15-16,18,20-21H2,1H3,(H,32,36)(H,33,37)/t26?,27-/m0/s1. The zero-order valence-corrected chi connectivity index (χ0v) is 23.6. The Balaban J connectivity index is 1.51. The molecule has 3 rings (SSSR count). The molecule has 1 aliphatic carbocycles. The molecular weight excluding hydrogens is 534 g/mol. The van der Waals surface area contributed by atoms with Crippen LogP contribution in [0.2, 0.25) is 5.02 Å². The van der Waals surface area contributed by atoms with Gasteiger partial charge in [0.05, 0.1) is 0 Å². The van der Waals surface area contributed by atoms with Crippen molar-refractivity contribution >= 4 is 36.0 Å². The monoisotopic (exact) mass is 571 g/mol. The first-order chi connectivity index (χ1) is 19.3. The molecule has 9 nitrogen and oxygen atoms in total. The second-order valence-electron chi connectivity index (χ2n) is 10.1. The molecule has 2 aromatic rings. The summed E-state index contributed by atoms with van der Waals surface area (Å²) in [6, 6.07) is 14.7. The highest BCUT2D eigenvalue weighted by Gasteiger charge is 2.28. The average Bonchev–Trinajstić information content (AvgIpc) is 2.97. The lowest BCUT2D eigenvalue weighted by Gasteiger charge is -2.27. The van der Waals surface area contributed by atoms with Gasteiger partial charge in [-0.2, -0.15) is 0 Å². The number of hydrogen-bond acceptors (Lipinski definition) is 6. The number of aldehydes is 1. The summed E-state index contributed by atoms with van der Waals surface area (Å²) in [5, 5.41) is 5.79. The van der Waals surface area contributed by atoms with Crippen LogP contribution in [0.1, 0.15) is 49.7 Å². The molecule has 3 amide bonds. The Hall–Kier alpha value is -3.59. The Labute approximate surface area is 240 Å². The summed E-state index contributed by atoms with van der Waals surface area (Å²) in [6.07, 6.45) is 5.48. The first-order valence-electron chi connectivity index (χ1n) is 13.7. The van der Waals surface area contributed by atoms with E-state index in [1.54, 1.807) is 31.3 Å². The van der Waals surface area contributed by atoms with Crippen LogP contribution >= 0.6 is 11.6 Å². The maximum atomic E-state index is 13.2. The molecule has 0 saturated heterocycles. The molecule has 2 aromatic carbocycles. The third-order valence-electron chi connectivity index (χ3n) is 6.93. The van der Waals surface area contributed by atoms with Gasteiger partial charge < -0.3 is 29.8 Å². The van der Waals surface area contributed by atoms with Gasteiger partial charge in [0.25, 0.3) is 0 Å². The predicted octanol–water partition coefficient (Wildman–Crippen LogP) is 4.90. The molecule has 0 bridgehead atoms. The van der Waals surface area contributed by atoms with E-state index in [1.165, 1.54) is 4.90 Å². The molecule has 10 heteroatoms. The van der Waals surface area contributed by atoms with Crippen LogP contribution in [0.15, 0.2) is 54.6 Å². The summed E-state index contributed by atoms with van der Waals surface area (Å²) in [4.78, 5) is 51.3. The van der Waals surface area contributed by atoms with Gasteiger partial charge >= 0.3 is 12.2 Å². The van der Waals surface area contributed by atoms with Gasteiger partial charge in [-0.05, 0) is 42.0 Å². The minimum atomic E-state index is -1.06. The zero-order valence-electron chi connectivity index (χ0n) is 22.9. The molecular formula is C30H38ClN3O6. The molecule has 40 heavy (non-hydrogen) atoms. The van der Waals surface area contributed by atoms with Crippen molar-refractivity contribution in [3.63, 3.8) is 0 Å². The number of carbonyl (C=O) groups excluding carboxylic acids is 4. The van der Waals surface area contributed by atoms with Crippen molar-refractivity contribution in [1.29, 1.82) is 0 Å². The third kappa shape index (κ3) is 10.9. The van der Waals surface area contributed by atoms with E-state index >= 15 is 0 Å². The van der Waals surface area contributed by atoms with Crippen molar-refractivity contribution in [3.05, 3.63) is 70.7 Å². The van der Waals surface area contributed by atoms with Gasteiger partial charge in [-0.3, -0.25) is 4.79 Å². The summed E-state index contributed by atoms with van der Waals surface area (Å²) in [5.74, 6) is -0.264. The highest BCUT2D eigenvalue weighted by Crippen LogP contribution is 2.27. The van der Waals surface area contributed by atoms with Crippen molar-refractivity contribution in [1.82, 2.24) is 15.5 Å². The Morgan fingerprint density at radius 3 is 2.42 bits per heavy atom. The number of halogens is 1. The molecule has 1 fully saturated rings. The molecule has 0 heterocycles. The van der Waals surface area contributed by atoms with E-state index in [1.807, 2.05) is 30.3 Å². The largest absolute Gasteiger partial charge is 0.447 e. The summed E-state index contributed by atoms with van der Waals surface area (Å²) < 4.78 is 10.6. The van der Waals surface area contributed by atoms with Gasteiger partial charge in [0.15, 0.2) is 0 Å². The van der Waals surface area contributed by atoms with E-state index in [2.05, 4.69) is 10.6 Å². The highest BCUT2D eigenvalue weighted by molar-refractivity contribution is 6.30. The SMILES string of the molecule is CN(CCc1ccccc1)C(=O)OCC(C=O)NC(=O)[C@H](CC1CCCCC1)NC(=O)OCc1cccc(Cl)c1. The molecule has 2 N–H and O–H groups in total. The van der Waals surface area contributed by atoms with Gasteiger partial charge in [-0.1, -0.05) is 86.2 Å². The molecule has 1 unspecified atom stereocenters. The Bertz CT molecular complexity index is 1110. The Kier molecular flexibility index (Phi) is 12.8. The van der Waals surface area contributed by atoms with Gasteiger partial charge in [0.1, 0.15) is 31.6 Å². The number of nitrogens with one attached hydrogen (secondary N) is 2. The number of benzene rings is 2. The summed E-state index contributed by atoms with van der Waals surface area (Å²) >= 11 is 5.99. The van der Waals surface area contributed by atoms with Crippen molar-refractivity contribution in [2.45, 2.75) is 63.6 Å². The number of rotatable bonds is 13. The summed E-state index contributed by atoms with van der Waals surface area (Å²) in [7, 11) is 1.61. The first kappa shape index (κ1) is 30.9. The van der Waals surface area contributed by atoms with Crippen LogP contribution in [0.4, 0.5) is 9.59 Å². The first-order valence-corrected chi connectivity index (χ1v) is 14.1. The van der Waals surface area contributed by atoms with Crippen molar-refractivity contribution < 1.29 is 28.7 Å². The van der Waals surface area contributed by atoms with Crippen LogP contribution in [0.25, 0.3) is 0 Å². The lowest BCUT2D eigenvalue weighted by Crippen LogP contribution is -2.52. The molecule has 0 radical (unpaired) electrons. The smallest absolute Gasteiger partial charge is 0.409 e. The lowest BCUT2D eigenvalue weighted by molar-refractivity contribution is -0.126. The summed E-state index contributed by atoms with van der Waals surface area (Å²) in [5.41, 5.74) is 1.80.